The predicted octanol–water partition coefficient (Wildman–Crippen LogP) is 3.47. The highest BCUT2D eigenvalue weighted by Crippen LogP contribution is 2.18. The molecular formula is C23H19FN4O2S. The molecule has 8 heteroatoms. The second-order valence-corrected chi connectivity index (χ2v) is 7.85. The number of carbonyl (C=O) groups is 1. The van der Waals surface area contributed by atoms with Gasteiger partial charge in [0.1, 0.15) is 11.6 Å². The lowest BCUT2D eigenvalue weighted by atomic mass is 10.1. The van der Waals surface area contributed by atoms with Crippen molar-refractivity contribution in [2.75, 3.05) is 5.75 Å². The lowest BCUT2D eigenvalue weighted by molar-refractivity contribution is -0.116. The van der Waals surface area contributed by atoms with Crippen molar-refractivity contribution in [3.63, 3.8) is 0 Å². The molecule has 0 aliphatic carbocycles. The monoisotopic (exact) mass is 434 g/mol. The number of Topliss-reactive ketones (excluding diaryl/α,β-unsaturated/α-hetero) is 1. The molecule has 0 amide bonds. The van der Waals surface area contributed by atoms with Crippen LogP contribution < -0.4 is 5.56 Å². The van der Waals surface area contributed by atoms with Crippen molar-refractivity contribution < 1.29 is 9.18 Å². The van der Waals surface area contributed by atoms with Crippen LogP contribution in [0.3, 0.4) is 0 Å². The molecule has 0 atom stereocenters. The van der Waals surface area contributed by atoms with E-state index < -0.39 is 5.82 Å². The first kappa shape index (κ1) is 20.9. The first-order valence-electron chi connectivity index (χ1n) is 9.75. The Kier molecular flexibility index (Phi) is 6.47. The van der Waals surface area contributed by atoms with Crippen molar-refractivity contribution in [1.29, 1.82) is 0 Å². The van der Waals surface area contributed by atoms with E-state index in [0.717, 1.165) is 17.3 Å². The number of rotatable bonds is 8. The fraction of sp³-hybridized carbons (Fsp3) is 0.174. The number of aromatic nitrogens is 4. The molecule has 0 fully saturated rings. The first-order valence-corrected chi connectivity index (χ1v) is 10.7. The maximum atomic E-state index is 13.8. The molecule has 4 rings (SSSR count). The minimum absolute atomic E-state index is 0.0126. The van der Waals surface area contributed by atoms with Gasteiger partial charge in [-0.1, -0.05) is 60.3 Å². The van der Waals surface area contributed by atoms with E-state index in [9.17, 15) is 14.0 Å². The highest BCUT2D eigenvalue weighted by atomic mass is 32.2. The summed E-state index contributed by atoms with van der Waals surface area (Å²) >= 11 is 1.16. The van der Waals surface area contributed by atoms with Crippen molar-refractivity contribution >= 4 is 28.7 Å². The van der Waals surface area contributed by atoms with Gasteiger partial charge in [0.2, 0.25) is 0 Å². The van der Waals surface area contributed by atoms with Crippen LogP contribution in [0.25, 0.3) is 11.2 Å². The van der Waals surface area contributed by atoms with Crippen molar-refractivity contribution in [3.8, 4) is 0 Å². The van der Waals surface area contributed by atoms with Crippen molar-refractivity contribution in [2.45, 2.75) is 24.5 Å². The molecule has 2 aromatic heterocycles. The van der Waals surface area contributed by atoms with E-state index in [-0.39, 0.29) is 34.7 Å². The van der Waals surface area contributed by atoms with Crippen molar-refractivity contribution in [1.82, 2.24) is 19.5 Å². The smallest absolute Gasteiger partial charge is 0.282 e. The summed E-state index contributed by atoms with van der Waals surface area (Å²) in [6.45, 7) is 0.395. The van der Waals surface area contributed by atoms with Crippen molar-refractivity contribution in [3.05, 3.63) is 94.3 Å². The maximum absolute atomic E-state index is 13.8. The molecule has 0 aliphatic heterocycles. The number of thioether (sulfide) groups is 1. The Balaban J connectivity index is 1.57. The van der Waals surface area contributed by atoms with Gasteiger partial charge in [0.15, 0.2) is 16.3 Å². The summed E-state index contributed by atoms with van der Waals surface area (Å²) in [6.07, 6.45) is 3.55. The molecule has 0 N–H and O–H groups in total. The van der Waals surface area contributed by atoms with Crippen LogP contribution in [0.2, 0.25) is 0 Å². The van der Waals surface area contributed by atoms with Gasteiger partial charge in [0.05, 0.1) is 5.75 Å². The predicted molar refractivity (Wildman–Crippen MR) is 118 cm³/mol. The van der Waals surface area contributed by atoms with Crippen LogP contribution in [0, 0.1) is 5.82 Å². The van der Waals surface area contributed by atoms with Gasteiger partial charge < -0.3 is 0 Å². The molecule has 156 valence electrons. The highest BCUT2D eigenvalue weighted by Gasteiger charge is 2.15. The fourth-order valence-corrected chi connectivity index (χ4v) is 4.05. The van der Waals surface area contributed by atoms with E-state index in [1.54, 1.807) is 18.2 Å². The lowest BCUT2D eigenvalue weighted by Crippen LogP contribution is -2.26. The molecule has 0 saturated heterocycles. The lowest BCUT2D eigenvalue weighted by Gasteiger charge is -2.12. The summed E-state index contributed by atoms with van der Waals surface area (Å²) in [5.41, 5.74) is 1.58. The number of aryl methyl sites for hydroxylation is 1. The van der Waals surface area contributed by atoms with Crippen molar-refractivity contribution in [2.24, 2.45) is 0 Å². The van der Waals surface area contributed by atoms with Gasteiger partial charge in [0, 0.05) is 25.4 Å². The van der Waals surface area contributed by atoms with E-state index in [0.29, 0.717) is 23.7 Å². The Bertz CT molecular complexity index is 1280. The molecule has 4 aromatic rings. The van der Waals surface area contributed by atoms with Crippen LogP contribution in [0.1, 0.15) is 11.1 Å². The maximum Gasteiger partial charge on any atom is 0.282 e. The third kappa shape index (κ3) is 5.03. The molecule has 0 radical (unpaired) electrons. The molecule has 0 aliphatic rings. The van der Waals surface area contributed by atoms with Gasteiger partial charge >= 0.3 is 0 Å². The molecule has 0 spiro atoms. The zero-order chi connectivity index (χ0) is 21.6. The van der Waals surface area contributed by atoms with Crippen LogP contribution >= 0.6 is 11.8 Å². The van der Waals surface area contributed by atoms with E-state index in [4.69, 9.17) is 0 Å². The molecular weight excluding hydrogens is 415 g/mol. The fourth-order valence-electron chi connectivity index (χ4n) is 3.17. The normalized spacial score (nSPS) is 11.0. The molecule has 6 nitrogen and oxygen atoms in total. The molecule has 0 saturated carbocycles. The van der Waals surface area contributed by atoms with Gasteiger partial charge in [-0.05, 0) is 23.6 Å². The zero-order valence-electron chi connectivity index (χ0n) is 16.6. The molecule has 31 heavy (non-hydrogen) atoms. The van der Waals surface area contributed by atoms with E-state index in [1.165, 1.54) is 23.0 Å². The molecule has 2 aromatic carbocycles. The minimum atomic E-state index is -0.403. The average molecular weight is 434 g/mol. The van der Waals surface area contributed by atoms with Gasteiger partial charge in [-0.25, -0.2) is 19.3 Å². The zero-order valence-corrected chi connectivity index (χ0v) is 17.4. The van der Waals surface area contributed by atoms with Gasteiger partial charge in [0.25, 0.3) is 5.56 Å². The van der Waals surface area contributed by atoms with E-state index in [1.807, 2.05) is 30.3 Å². The number of carbonyl (C=O) groups excluding carboxylic acids is 1. The van der Waals surface area contributed by atoms with Crippen LogP contribution in [-0.4, -0.2) is 31.1 Å². The Morgan fingerprint density at radius 1 is 1.00 bits per heavy atom. The Hall–Kier alpha value is -3.39. The quantitative estimate of drug-likeness (QED) is 0.312. The standard InChI is InChI=1S/C23H19FN4O2S/c24-19-9-5-4-8-17(19)14-18(29)15-31-23-27-21-20(25-11-12-26-21)22(30)28(23)13-10-16-6-2-1-3-7-16/h1-9,11-12H,10,13-15H2. The third-order valence-electron chi connectivity index (χ3n) is 4.73. The molecule has 0 unspecified atom stereocenters. The SMILES string of the molecule is O=C(CSc1nc2nccnc2c(=O)n1CCc1ccccc1)Cc1ccccc1F. The number of halogens is 1. The summed E-state index contributed by atoms with van der Waals surface area (Å²) in [5.74, 6) is -0.490. The number of hydrogen-bond donors (Lipinski definition) is 0. The number of hydrogen-bond acceptors (Lipinski definition) is 6. The Labute approximate surface area is 182 Å². The summed E-state index contributed by atoms with van der Waals surface area (Å²) in [7, 11) is 0. The second kappa shape index (κ2) is 9.61. The number of fused-ring (bicyclic) bond motifs is 1. The highest BCUT2D eigenvalue weighted by molar-refractivity contribution is 7.99. The van der Waals surface area contributed by atoms with Crippen LogP contribution in [0.4, 0.5) is 4.39 Å². The largest absolute Gasteiger partial charge is 0.298 e. The van der Waals surface area contributed by atoms with Gasteiger partial charge in [-0.15, -0.1) is 0 Å². The number of benzene rings is 2. The van der Waals surface area contributed by atoms with Gasteiger partial charge in [-0.3, -0.25) is 14.2 Å². The molecule has 2 heterocycles. The summed E-state index contributed by atoms with van der Waals surface area (Å²) < 4.78 is 15.4. The Morgan fingerprint density at radius 2 is 1.74 bits per heavy atom. The minimum Gasteiger partial charge on any atom is -0.298 e. The summed E-state index contributed by atoms with van der Waals surface area (Å²) in [6, 6.07) is 16.0. The Morgan fingerprint density at radius 3 is 2.55 bits per heavy atom. The van der Waals surface area contributed by atoms with Gasteiger partial charge in [-0.2, -0.15) is 0 Å². The first-order chi connectivity index (χ1) is 15.1. The molecule has 0 bridgehead atoms. The number of ketones is 1. The van der Waals surface area contributed by atoms with Crippen LogP contribution in [-0.2, 0) is 24.2 Å². The second-order valence-electron chi connectivity index (χ2n) is 6.91. The third-order valence-corrected chi connectivity index (χ3v) is 5.77. The summed E-state index contributed by atoms with van der Waals surface area (Å²) in [4.78, 5) is 38.2. The van der Waals surface area contributed by atoms with E-state index in [2.05, 4.69) is 15.0 Å². The van der Waals surface area contributed by atoms with E-state index >= 15 is 0 Å². The average Bonchev–Trinajstić information content (AvgIpc) is 2.79. The summed E-state index contributed by atoms with van der Waals surface area (Å²) in [5, 5.41) is 0.399. The van der Waals surface area contributed by atoms with Crippen LogP contribution in [0.15, 0.2) is 76.9 Å². The number of nitrogens with zero attached hydrogens (tertiary/aromatic N) is 4. The topological polar surface area (TPSA) is 77.7 Å². The van der Waals surface area contributed by atoms with Crippen LogP contribution in [0.5, 0.6) is 0 Å².